The van der Waals surface area contributed by atoms with Gasteiger partial charge in [-0.25, -0.2) is 0 Å². The van der Waals surface area contributed by atoms with Crippen LogP contribution in [0.15, 0.2) is 30.3 Å². The number of aromatic nitrogens is 2. The molecule has 0 aliphatic carbocycles. The first-order valence-electron chi connectivity index (χ1n) is 5.37. The number of nitrogens with one attached hydrogen (secondary N) is 2. The monoisotopic (exact) mass is 269 g/mol. The van der Waals surface area contributed by atoms with E-state index in [1.807, 2.05) is 0 Å². The molecule has 100 valence electrons. The number of benzene rings is 1. The Bertz CT molecular complexity index is 604. The standard InChI is InChI=1S/C12H10F3N3O/c1-7-6-10(18-17-7)16-11(19)8-4-2-3-5-9(8)12(13,14)15/h2-6H,1H3,(H2,16,17,18,19). The van der Waals surface area contributed by atoms with E-state index in [2.05, 4.69) is 15.5 Å². The zero-order chi connectivity index (χ0) is 14.0. The van der Waals surface area contributed by atoms with Gasteiger partial charge in [-0.2, -0.15) is 18.3 Å². The van der Waals surface area contributed by atoms with Gasteiger partial charge in [-0.3, -0.25) is 9.89 Å². The number of aromatic amines is 1. The molecule has 0 aliphatic heterocycles. The van der Waals surface area contributed by atoms with Crippen molar-refractivity contribution in [3.63, 3.8) is 0 Å². The number of H-pyrrole nitrogens is 1. The summed E-state index contributed by atoms with van der Waals surface area (Å²) in [6.07, 6.45) is -4.57. The number of rotatable bonds is 2. The van der Waals surface area contributed by atoms with Gasteiger partial charge in [0, 0.05) is 11.8 Å². The maximum atomic E-state index is 12.7. The van der Waals surface area contributed by atoms with E-state index in [0.29, 0.717) is 5.69 Å². The number of carbonyl (C=O) groups is 1. The van der Waals surface area contributed by atoms with Crippen molar-refractivity contribution in [2.75, 3.05) is 5.32 Å². The fourth-order valence-corrected chi connectivity index (χ4v) is 1.59. The predicted molar refractivity (Wildman–Crippen MR) is 62.7 cm³/mol. The highest BCUT2D eigenvalue weighted by Crippen LogP contribution is 2.32. The van der Waals surface area contributed by atoms with Crippen LogP contribution < -0.4 is 5.32 Å². The lowest BCUT2D eigenvalue weighted by atomic mass is 10.1. The topological polar surface area (TPSA) is 57.8 Å². The Morgan fingerprint density at radius 3 is 2.58 bits per heavy atom. The van der Waals surface area contributed by atoms with Crippen molar-refractivity contribution in [1.82, 2.24) is 10.2 Å². The van der Waals surface area contributed by atoms with Crippen LogP contribution in [0.5, 0.6) is 0 Å². The SMILES string of the molecule is Cc1cc(NC(=O)c2ccccc2C(F)(F)F)n[nH]1. The number of carbonyl (C=O) groups excluding carboxylic acids is 1. The maximum absolute atomic E-state index is 12.7. The molecular formula is C12H10F3N3O. The second-order valence-corrected chi connectivity index (χ2v) is 3.93. The van der Waals surface area contributed by atoms with Gasteiger partial charge >= 0.3 is 6.18 Å². The van der Waals surface area contributed by atoms with Crippen molar-refractivity contribution >= 4 is 11.7 Å². The molecule has 19 heavy (non-hydrogen) atoms. The number of halogens is 3. The molecule has 0 fully saturated rings. The number of aryl methyl sites for hydroxylation is 1. The molecule has 0 atom stereocenters. The van der Waals surface area contributed by atoms with Crippen LogP contribution in [-0.4, -0.2) is 16.1 Å². The third kappa shape index (κ3) is 2.93. The quantitative estimate of drug-likeness (QED) is 0.880. The summed E-state index contributed by atoms with van der Waals surface area (Å²) < 4.78 is 38.2. The molecule has 0 spiro atoms. The van der Waals surface area contributed by atoms with Gasteiger partial charge in [0.05, 0.1) is 11.1 Å². The summed E-state index contributed by atoms with van der Waals surface area (Å²) in [5.41, 5.74) is -0.713. The Hall–Kier alpha value is -2.31. The molecule has 7 heteroatoms. The molecule has 0 bridgehead atoms. The molecule has 0 saturated carbocycles. The van der Waals surface area contributed by atoms with Crippen molar-refractivity contribution in [3.05, 3.63) is 47.2 Å². The first-order valence-corrected chi connectivity index (χ1v) is 5.37. The Balaban J connectivity index is 2.29. The number of alkyl halides is 3. The van der Waals surface area contributed by atoms with Crippen LogP contribution >= 0.6 is 0 Å². The second kappa shape index (κ2) is 4.75. The molecule has 2 aromatic rings. The molecule has 1 heterocycles. The highest BCUT2D eigenvalue weighted by atomic mass is 19.4. The van der Waals surface area contributed by atoms with Crippen LogP contribution in [0.4, 0.5) is 19.0 Å². The molecular weight excluding hydrogens is 259 g/mol. The van der Waals surface area contributed by atoms with E-state index in [1.54, 1.807) is 6.92 Å². The fourth-order valence-electron chi connectivity index (χ4n) is 1.59. The average Bonchev–Trinajstić information content (AvgIpc) is 2.73. The van der Waals surface area contributed by atoms with Gasteiger partial charge in [-0.05, 0) is 19.1 Å². The second-order valence-electron chi connectivity index (χ2n) is 3.93. The Kier molecular flexibility index (Phi) is 3.28. The van der Waals surface area contributed by atoms with Gasteiger partial charge in [-0.15, -0.1) is 0 Å². The van der Waals surface area contributed by atoms with E-state index < -0.39 is 23.2 Å². The van der Waals surface area contributed by atoms with E-state index in [9.17, 15) is 18.0 Å². The summed E-state index contributed by atoms with van der Waals surface area (Å²) in [6.45, 7) is 1.71. The number of hydrogen-bond donors (Lipinski definition) is 2. The van der Waals surface area contributed by atoms with E-state index in [4.69, 9.17) is 0 Å². The van der Waals surface area contributed by atoms with E-state index in [0.717, 1.165) is 12.1 Å². The molecule has 2 N–H and O–H groups in total. The summed E-state index contributed by atoms with van der Waals surface area (Å²) in [6, 6.07) is 6.12. The molecule has 1 aromatic heterocycles. The van der Waals surface area contributed by atoms with E-state index in [1.165, 1.54) is 18.2 Å². The normalized spacial score (nSPS) is 11.4. The number of anilines is 1. The molecule has 0 unspecified atom stereocenters. The molecule has 0 aliphatic rings. The van der Waals surface area contributed by atoms with Crippen molar-refractivity contribution in [1.29, 1.82) is 0 Å². The summed E-state index contributed by atoms with van der Waals surface area (Å²) in [5.74, 6) is -0.668. The van der Waals surface area contributed by atoms with Crippen LogP contribution in [0.25, 0.3) is 0 Å². The van der Waals surface area contributed by atoms with Gasteiger partial charge in [0.2, 0.25) is 0 Å². The first-order chi connectivity index (χ1) is 8.88. The molecule has 0 saturated heterocycles. The molecule has 4 nitrogen and oxygen atoms in total. The zero-order valence-corrected chi connectivity index (χ0v) is 9.88. The van der Waals surface area contributed by atoms with Gasteiger partial charge < -0.3 is 5.32 Å². The van der Waals surface area contributed by atoms with E-state index >= 15 is 0 Å². The lowest BCUT2D eigenvalue weighted by molar-refractivity contribution is -0.137. The van der Waals surface area contributed by atoms with Gasteiger partial charge in [-0.1, -0.05) is 12.1 Å². The van der Waals surface area contributed by atoms with Crippen LogP contribution in [0.3, 0.4) is 0 Å². The third-order valence-corrected chi connectivity index (χ3v) is 2.42. The summed E-state index contributed by atoms with van der Waals surface area (Å²) in [5, 5.41) is 8.63. The van der Waals surface area contributed by atoms with Gasteiger partial charge in [0.1, 0.15) is 0 Å². The summed E-state index contributed by atoms with van der Waals surface area (Å²) >= 11 is 0. The average molecular weight is 269 g/mol. The van der Waals surface area contributed by atoms with Crippen molar-refractivity contribution in [2.45, 2.75) is 13.1 Å². The minimum absolute atomic E-state index is 0.180. The molecule has 1 aromatic carbocycles. The van der Waals surface area contributed by atoms with Gasteiger partial charge in [0.15, 0.2) is 5.82 Å². The molecule has 0 radical (unpaired) electrons. The number of nitrogens with zero attached hydrogens (tertiary/aromatic N) is 1. The smallest absolute Gasteiger partial charge is 0.305 e. The largest absolute Gasteiger partial charge is 0.417 e. The predicted octanol–water partition coefficient (Wildman–Crippen LogP) is 2.99. The fraction of sp³-hybridized carbons (Fsp3) is 0.167. The lowest BCUT2D eigenvalue weighted by Crippen LogP contribution is -2.18. The van der Waals surface area contributed by atoms with Crippen molar-refractivity contribution in [3.8, 4) is 0 Å². The van der Waals surface area contributed by atoms with Crippen molar-refractivity contribution < 1.29 is 18.0 Å². The molecule has 2 rings (SSSR count). The molecule has 1 amide bonds. The Morgan fingerprint density at radius 1 is 1.32 bits per heavy atom. The number of amides is 1. The Morgan fingerprint density at radius 2 is 2.00 bits per heavy atom. The highest BCUT2D eigenvalue weighted by molar-refractivity contribution is 6.04. The van der Waals surface area contributed by atoms with Crippen LogP contribution in [0.1, 0.15) is 21.6 Å². The zero-order valence-electron chi connectivity index (χ0n) is 9.88. The van der Waals surface area contributed by atoms with Crippen molar-refractivity contribution in [2.24, 2.45) is 0 Å². The van der Waals surface area contributed by atoms with Gasteiger partial charge in [0.25, 0.3) is 5.91 Å². The Labute approximate surface area is 106 Å². The number of hydrogen-bond acceptors (Lipinski definition) is 2. The van der Waals surface area contributed by atoms with Crippen LogP contribution in [0, 0.1) is 6.92 Å². The lowest BCUT2D eigenvalue weighted by Gasteiger charge is -2.11. The minimum atomic E-state index is -4.57. The minimum Gasteiger partial charge on any atom is -0.305 e. The first kappa shape index (κ1) is 13.1. The van der Waals surface area contributed by atoms with Crippen LogP contribution in [0.2, 0.25) is 0 Å². The maximum Gasteiger partial charge on any atom is 0.417 e. The third-order valence-electron chi connectivity index (χ3n) is 2.42. The summed E-state index contributed by atoms with van der Waals surface area (Å²) in [4.78, 5) is 11.8. The van der Waals surface area contributed by atoms with E-state index in [-0.39, 0.29) is 5.82 Å². The van der Waals surface area contributed by atoms with Crippen LogP contribution in [-0.2, 0) is 6.18 Å². The highest BCUT2D eigenvalue weighted by Gasteiger charge is 2.34. The summed E-state index contributed by atoms with van der Waals surface area (Å²) in [7, 11) is 0.